The number of rotatable bonds is 4. The Morgan fingerprint density at radius 3 is 2.68 bits per heavy atom. The van der Waals surface area contributed by atoms with Gasteiger partial charge < -0.3 is 35.6 Å². The van der Waals surface area contributed by atoms with Crippen LogP contribution in [0.15, 0.2) is 0 Å². The first-order chi connectivity index (χ1) is 8.68. The quantitative estimate of drug-likeness (QED) is 0.322. The number of carbonyl (C=O) groups excluding carboxylic acids is 1. The number of aliphatic hydroxyl groups is 5. The molecule has 112 valence electrons. The maximum atomic E-state index is 11.1. The summed E-state index contributed by atoms with van der Waals surface area (Å²) in [7, 11) is 0. The number of hydrogen-bond donors (Lipinski definition) is 6. The topological polar surface area (TPSA) is 139 Å². The van der Waals surface area contributed by atoms with Gasteiger partial charge in [0.1, 0.15) is 18.3 Å². The zero-order chi connectivity index (χ0) is 14.8. The van der Waals surface area contributed by atoms with Crippen molar-refractivity contribution in [1.82, 2.24) is 5.32 Å². The second-order valence-electron chi connectivity index (χ2n) is 5.00. The molecule has 0 radical (unpaired) electrons. The van der Waals surface area contributed by atoms with Crippen LogP contribution in [0.1, 0.15) is 20.3 Å². The van der Waals surface area contributed by atoms with E-state index in [4.69, 9.17) is 9.84 Å². The Balaban J connectivity index is 2.93. The maximum Gasteiger partial charge on any atom is 0.217 e. The van der Waals surface area contributed by atoms with E-state index in [1.165, 1.54) is 13.8 Å². The van der Waals surface area contributed by atoms with Crippen molar-refractivity contribution in [3.8, 4) is 0 Å². The lowest BCUT2D eigenvalue weighted by Gasteiger charge is -2.45. The van der Waals surface area contributed by atoms with E-state index in [2.05, 4.69) is 5.32 Å². The molecule has 0 aliphatic carbocycles. The van der Waals surface area contributed by atoms with Crippen molar-refractivity contribution in [3.05, 3.63) is 0 Å². The van der Waals surface area contributed by atoms with Crippen LogP contribution < -0.4 is 5.32 Å². The van der Waals surface area contributed by atoms with Crippen LogP contribution in [-0.4, -0.2) is 74.3 Å². The highest BCUT2D eigenvalue weighted by atomic mass is 16.6. The van der Waals surface area contributed by atoms with E-state index in [0.717, 1.165) is 0 Å². The molecule has 6 atom stereocenters. The van der Waals surface area contributed by atoms with Crippen LogP contribution >= 0.6 is 0 Å². The summed E-state index contributed by atoms with van der Waals surface area (Å²) in [4.78, 5) is 11.1. The fourth-order valence-corrected chi connectivity index (χ4v) is 2.17. The van der Waals surface area contributed by atoms with Gasteiger partial charge in [0.15, 0.2) is 5.79 Å². The predicted molar refractivity (Wildman–Crippen MR) is 62.8 cm³/mol. The minimum atomic E-state index is -1.70. The normalized spacial score (nSPS) is 38.6. The van der Waals surface area contributed by atoms with Crippen LogP contribution in [0.5, 0.6) is 0 Å². The molecule has 6 N–H and O–H groups in total. The fourth-order valence-electron chi connectivity index (χ4n) is 2.17. The summed E-state index contributed by atoms with van der Waals surface area (Å²) in [6, 6.07) is -0.992. The number of ether oxygens (including phenoxy) is 1. The predicted octanol–water partition coefficient (Wildman–Crippen LogP) is -2.94. The van der Waals surface area contributed by atoms with Crippen LogP contribution in [0.4, 0.5) is 0 Å². The van der Waals surface area contributed by atoms with Gasteiger partial charge >= 0.3 is 0 Å². The van der Waals surface area contributed by atoms with Gasteiger partial charge in [-0.2, -0.15) is 0 Å². The minimum absolute atomic E-state index is 0.156. The molecule has 8 heteroatoms. The average molecular weight is 272 g/mol. The lowest BCUT2D eigenvalue weighted by atomic mass is 7.14. The van der Waals surface area contributed by atoms with Gasteiger partial charge in [0.25, 0.3) is 0 Å². The second kappa shape index (κ2) is 6.12. The van der Waals surface area contributed by atoms with Crippen molar-refractivity contribution in [2.75, 3.05) is 6.61 Å². The van der Waals surface area contributed by atoms with Crippen LogP contribution in [0.25, 0.3) is 0 Å². The van der Waals surface area contributed by atoms with E-state index in [9.17, 15) is 25.2 Å². The third kappa shape index (κ3) is 4.10. The Labute approximate surface area is 110 Å². The third-order valence-electron chi connectivity index (χ3n) is 3.03. The van der Waals surface area contributed by atoms with Gasteiger partial charge in [0, 0.05) is 13.3 Å². The first kappa shape index (κ1) is 16.3. The average Bonchev–Trinajstić information content (AvgIpc) is 2.29. The van der Waals surface area contributed by atoms with E-state index in [1.807, 2.05) is 0 Å². The maximum absolute atomic E-state index is 11.1. The van der Waals surface area contributed by atoms with E-state index < -0.39 is 48.8 Å². The molecule has 0 saturated carbocycles. The summed E-state index contributed by atoms with van der Waals surface area (Å²) in [6.07, 6.45) is -5.63. The number of nitrogens with one attached hydrogen (secondary N) is 1. The van der Waals surface area contributed by atoms with Gasteiger partial charge in [-0.15, -0.1) is 0 Å². The largest absolute Gasteiger partial charge is 0.394 e. The molecule has 0 aromatic rings. The second-order valence-corrected chi connectivity index (χ2v) is 5.00. The highest BCUT2D eigenvalue weighted by molar-refractivity contribution is 5.73. The molecule has 19 heavy (non-hydrogen) atoms. The monoisotopic (exact) mass is 272 g/mol. The van der Waals surface area contributed by atoms with Crippen molar-refractivity contribution in [1.29, 1.82) is 0 Å². The number of aliphatic hydroxyl groups excluding tert-OH is 4. The van der Waals surface area contributed by atoms with Crippen LogP contribution in [0, 0.1) is 0 Å². The highest BCUT2D eigenvalue weighted by Crippen LogP contribution is 2.29. The van der Waals surface area contributed by atoms with Gasteiger partial charge in [0.2, 0.25) is 5.91 Å². The van der Waals surface area contributed by atoms with Crippen molar-refractivity contribution < 1.29 is 35.1 Å². The van der Waals surface area contributed by atoms with Gasteiger partial charge in [-0.25, -0.2) is 0 Å². The number of amides is 1. The van der Waals surface area contributed by atoms with Crippen LogP contribution in [-0.2, 0) is 9.53 Å². The fraction of sp³-hybridized carbons (Fsp3) is 0.909. The first-order valence-electron chi connectivity index (χ1n) is 6.00. The van der Waals surface area contributed by atoms with Gasteiger partial charge in [-0.05, 0) is 6.92 Å². The summed E-state index contributed by atoms with van der Waals surface area (Å²) < 4.78 is 5.20. The molecule has 1 heterocycles. The summed E-state index contributed by atoms with van der Waals surface area (Å²) in [5, 5.41) is 50.3. The molecule has 0 aromatic heterocycles. The standard InChI is InChI=1S/C11H21NO7/c1-5(14)12-8-6(15)3-11(2,18)19-10(8)9(17)7(16)4-13/h6-10,13,15-18H,3-4H2,1-2H3,(H,12,14)/t6-,7?,8?,9?,10-,11?/m1/s1/i4-3,7-4. The third-order valence-corrected chi connectivity index (χ3v) is 3.03. The SMILES string of the molecule is CC(=O)NC1[C@H](C(O)[8CH](O)[9CH2]O)OC(C)(O)C[C@H]1O. The Bertz CT molecular complexity index is 322. The van der Waals surface area contributed by atoms with Gasteiger partial charge in [0.05, 0.1) is 18.8 Å². The summed E-state index contributed by atoms with van der Waals surface area (Å²) in [5.41, 5.74) is 0. The molecule has 1 rings (SSSR count). The lowest BCUT2D eigenvalue weighted by Crippen LogP contribution is -2.65. The molecule has 1 amide bonds. The highest BCUT2D eigenvalue weighted by Gasteiger charge is 2.47. The molecule has 1 fully saturated rings. The van der Waals surface area contributed by atoms with E-state index >= 15 is 0 Å². The van der Waals surface area contributed by atoms with Crippen LogP contribution in [0.2, 0.25) is 0 Å². The summed E-state index contributed by atoms with van der Waals surface area (Å²) >= 11 is 0. The molecule has 4 unspecified atom stereocenters. The van der Waals surface area contributed by atoms with E-state index in [0.29, 0.717) is 0 Å². The van der Waals surface area contributed by atoms with Crippen molar-refractivity contribution in [2.45, 2.75) is 56.5 Å². The zero-order valence-electron chi connectivity index (χ0n) is 10.9. The minimum Gasteiger partial charge on any atom is -0.394 e. The van der Waals surface area contributed by atoms with Crippen molar-refractivity contribution >= 4 is 5.91 Å². The Kier molecular flexibility index (Phi) is 5.25. The van der Waals surface area contributed by atoms with E-state index in [-0.39, 0.29) is 6.42 Å². The zero-order valence-corrected chi connectivity index (χ0v) is 10.9. The molecule has 8 nitrogen and oxygen atoms in total. The van der Waals surface area contributed by atoms with Gasteiger partial charge in [-0.1, -0.05) is 0 Å². The molecule has 1 saturated heterocycles. The number of carbonyl (C=O) groups is 1. The van der Waals surface area contributed by atoms with Crippen LogP contribution in [0.3, 0.4) is 0 Å². The molecule has 0 aromatic carbocycles. The molecule has 0 spiro atoms. The Morgan fingerprint density at radius 2 is 2.21 bits per heavy atom. The summed E-state index contributed by atoms with van der Waals surface area (Å²) in [5.74, 6) is -2.15. The number of hydrogen-bond acceptors (Lipinski definition) is 7. The lowest BCUT2D eigenvalue weighted by molar-refractivity contribution is -0.292. The van der Waals surface area contributed by atoms with Crippen molar-refractivity contribution in [3.63, 3.8) is 0 Å². The summed E-state index contributed by atoms with van der Waals surface area (Å²) in [6.45, 7) is 1.81. The van der Waals surface area contributed by atoms with Crippen molar-refractivity contribution in [2.24, 2.45) is 0 Å². The Morgan fingerprint density at radius 1 is 1.63 bits per heavy atom. The van der Waals surface area contributed by atoms with Gasteiger partial charge in [-0.3, -0.25) is 4.79 Å². The molecular formula is C11H21NO7. The smallest absolute Gasteiger partial charge is 0.217 e. The molecule has 1 aliphatic rings. The Hall–Kier alpha value is -0.770. The molecule has 0 bridgehead atoms. The van der Waals surface area contributed by atoms with E-state index in [1.54, 1.807) is 0 Å². The molecular weight excluding hydrogens is 251 g/mol. The first-order valence-corrected chi connectivity index (χ1v) is 6.00. The molecule has 1 aliphatic heterocycles.